The van der Waals surface area contributed by atoms with E-state index in [-0.39, 0.29) is 17.0 Å². The van der Waals surface area contributed by atoms with Crippen LogP contribution in [0.3, 0.4) is 0 Å². The molecular weight excluding hydrogens is 252 g/mol. The third kappa shape index (κ3) is 1.58. The van der Waals surface area contributed by atoms with E-state index < -0.39 is 0 Å². The second kappa shape index (κ2) is 3.92. The first-order valence-electron chi connectivity index (χ1n) is 5.34. The normalized spacial score (nSPS) is 10.9. The molecule has 0 aliphatic heterocycles. The number of pyridine rings is 1. The molecule has 18 heavy (non-hydrogen) atoms. The summed E-state index contributed by atoms with van der Waals surface area (Å²) >= 11 is 5.85. The van der Waals surface area contributed by atoms with Crippen LogP contribution in [0.5, 0.6) is 5.75 Å². The van der Waals surface area contributed by atoms with Crippen molar-refractivity contribution in [3.63, 3.8) is 0 Å². The average molecular weight is 261 g/mol. The van der Waals surface area contributed by atoms with Gasteiger partial charge in [0.1, 0.15) is 0 Å². The highest BCUT2D eigenvalue weighted by molar-refractivity contribution is 6.31. The average Bonchev–Trinajstić information content (AvgIpc) is 2.82. The highest BCUT2D eigenvalue weighted by atomic mass is 35.5. The summed E-state index contributed by atoms with van der Waals surface area (Å²) in [6.45, 7) is 0. The van der Waals surface area contributed by atoms with Crippen LogP contribution in [-0.4, -0.2) is 14.7 Å². The third-order valence-corrected chi connectivity index (χ3v) is 3.02. The van der Waals surface area contributed by atoms with E-state index in [2.05, 4.69) is 4.98 Å². The molecule has 0 saturated carbocycles. The molecule has 2 heterocycles. The minimum atomic E-state index is -0.363. The smallest absolute Gasteiger partial charge is 0.276 e. The van der Waals surface area contributed by atoms with Gasteiger partial charge in [-0.3, -0.25) is 4.79 Å². The van der Waals surface area contributed by atoms with E-state index in [9.17, 15) is 9.90 Å². The van der Waals surface area contributed by atoms with Gasteiger partial charge in [0.05, 0.1) is 5.52 Å². The number of nitrogens with one attached hydrogen (secondary N) is 1. The minimum Gasteiger partial charge on any atom is -0.505 e. The van der Waals surface area contributed by atoms with Crippen molar-refractivity contribution in [3.8, 4) is 11.4 Å². The topological polar surface area (TPSA) is 58.0 Å². The Labute approximate surface area is 107 Å². The maximum Gasteiger partial charge on any atom is 0.276 e. The highest BCUT2D eigenvalue weighted by Gasteiger charge is 2.12. The number of nitrogens with zero attached hydrogens (tertiary/aromatic N) is 1. The van der Waals surface area contributed by atoms with Gasteiger partial charge in [-0.2, -0.15) is 0 Å². The van der Waals surface area contributed by atoms with Gasteiger partial charge in [0, 0.05) is 22.8 Å². The van der Waals surface area contributed by atoms with E-state index >= 15 is 0 Å². The van der Waals surface area contributed by atoms with E-state index in [1.165, 1.54) is 0 Å². The standard InChI is InChI=1S/C13H9ClN2O2/c14-8-3-4-9-10(7-8)15-13(18)11(12(9)17)16-5-1-2-6-16/h1-7H,(H2,15,17,18). The van der Waals surface area contributed by atoms with E-state index in [4.69, 9.17) is 11.6 Å². The van der Waals surface area contributed by atoms with Gasteiger partial charge in [-0.1, -0.05) is 11.6 Å². The van der Waals surface area contributed by atoms with Crippen molar-refractivity contribution < 1.29 is 5.11 Å². The third-order valence-electron chi connectivity index (χ3n) is 2.79. The Morgan fingerprint density at radius 3 is 2.67 bits per heavy atom. The first-order chi connectivity index (χ1) is 8.66. The Kier molecular flexibility index (Phi) is 2.38. The summed E-state index contributed by atoms with van der Waals surface area (Å²) in [4.78, 5) is 14.7. The summed E-state index contributed by atoms with van der Waals surface area (Å²) in [7, 11) is 0. The van der Waals surface area contributed by atoms with E-state index in [0.717, 1.165) is 0 Å². The van der Waals surface area contributed by atoms with Crippen LogP contribution in [0.4, 0.5) is 0 Å². The molecule has 0 atom stereocenters. The van der Waals surface area contributed by atoms with Crippen LogP contribution < -0.4 is 5.56 Å². The summed E-state index contributed by atoms with van der Waals surface area (Å²) in [5.41, 5.74) is 0.356. The first-order valence-corrected chi connectivity index (χ1v) is 5.72. The van der Waals surface area contributed by atoms with Crippen LogP contribution in [-0.2, 0) is 0 Å². The second-order valence-electron chi connectivity index (χ2n) is 3.93. The lowest BCUT2D eigenvalue weighted by Gasteiger charge is -2.08. The Bertz CT molecular complexity index is 776. The molecule has 0 unspecified atom stereocenters. The summed E-state index contributed by atoms with van der Waals surface area (Å²) < 4.78 is 1.57. The molecule has 3 aromatic rings. The molecule has 5 heteroatoms. The van der Waals surface area contributed by atoms with Crippen LogP contribution in [0.15, 0.2) is 47.5 Å². The maximum atomic E-state index is 12.0. The second-order valence-corrected chi connectivity index (χ2v) is 4.37. The van der Waals surface area contributed by atoms with Crippen LogP contribution >= 0.6 is 11.6 Å². The number of aromatic nitrogens is 2. The molecule has 0 spiro atoms. The van der Waals surface area contributed by atoms with Crippen molar-refractivity contribution >= 4 is 22.5 Å². The van der Waals surface area contributed by atoms with Gasteiger partial charge in [0.2, 0.25) is 0 Å². The monoisotopic (exact) mass is 260 g/mol. The molecule has 0 aliphatic rings. The molecule has 0 radical (unpaired) electrons. The maximum absolute atomic E-state index is 12.0. The molecule has 4 nitrogen and oxygen atoms in total. The Balaban J connectivity index is 2.41. The summed E-state index contributed by atoms with van der Waals surface area (Å²) in [5, 5.41) is 11.3. The lowest BCUT2D eigenvalue weighted by molar-refractivity contribution is 0.477. The van der Waals surface area contributed by atoms with E-state index in [1.807, 2.05) is 0 Å². The van der Waals surface area contributed by atoms with Gasteiger partial charge in [-0.15, -0.1) is 0 Å². The molecule has 0 amide bonds. The number of hydrogen-bond acceptors (Lipinski definition) is 2. The van der Waals surface area contributed by atoms with Gasteiger partial charge < -0.3 is 14.7 Å². The van der Waals surface area contributed by atoms with Gasteiger partial charge in [-0.25, -0.2) is 0 Å². The number of fused-ring (bicyclic) bond motifs is 1. The van der Waals surface area contributed by atoms with Gasteiger partial charge in [0.15, 0.2) is 11.4 Å². The van der Waals surface area contributed by atoms with Crippen LogP contribution in [0, 0.1) is 0 Å². The van der Waals surface area contributed by atoms with Crippen LogP contribution in [0.1, 0.15) is 0 Å². The zero-order chi connectivity index (χ0) is 12.7. The number of rotatable bonds is 1. The minimum absolute atomic E-state index is 0.0541. The SMILES string of the molecule is O=c1[nH]c2cc(Cl)ccc2c(O)c1-n1cccc1. The fraction of sp³-hybridized carbons (Fsp3) is 0. The van der Waals surface area contributed by atoms with Gasteiger partial charge in [0.25, 0.3) is 5.56 Å². The molecule has 1 aromatic carbocycles. The predicted molar refractivity (Wildman–Crippen MR) is 70.6 cm³/mol. The highest BCUT2D eigenvalue weighted by Crippen LogP contribution is 2.28. The quantitative estimate of drug-likeness (QED) is 0.707. The van der Waals surface area contributed by atoms with E-state index in [1.54, 1.807) is 47.3 Å². The Hall–Kier alpha value is -2.20. The summed E-state index contributed by atoms with van der Waals surface area (Å²) in [6.07, 6.45) is 3.40. The first kappa shape index (κ1) is 10.9. The fourth-order valence-corrected chi connectivity index (χ4v) is 2.14. The number of halogens is 1. The molecule has 0 fully saturated rings. The number of H-pyrrole nitrogens is 1. The summed E-state index contributed by atoms with van der Waals surface area (Å²) in [6, 6.07) is 8.52. The summed E-state index contributed by atoms with van der Waals surface area (Å²) in [5.74, 6) is -0.0541. The van der Waals surface area contributed by atoms with Gasteiger partial charge >= 0.3 is 0 Å². The number of benzene rings is 1. The van der Waals surface area contributed by atoms with Crippen molar-refractivity contribution in [3.05, 3.63) is 58.1 Å². The zero-order valence-electron chi connectivity index (χ0n) is 9.22. The van der Waals surface area contributed by atoms with Crippen molar-refractivity contribution in [2.24, 2.45) is 0 Å². The number of aromatic amines is 1. The molecule has 2 N–H and O–H groups in total. The predicted octanol–water partition coefficient (Wildman–Crippen LogP) is 2.68. The van der Waals surface area contributed by atoms with Crippen molar-refractivity contribution in [2.45, 2.75) is 0 Å². The van der Waals surface area contributed by atoms with Crippen LogP contribution in [0.25, 0.3) is 16.6 Å². The van der Waals surface area contributed by atoms with Crippen molar-refractivity contribution in [1.82, 2.24) is 9.55 Å². The fourth-order valence-electron chi connectivity index (χ4n) is 1.97. The molecule has 2 aromatic heterocycles. The van der Waals surface area contributed by atoms with E-state index in [0.29, 0.717) is 15.9 Å². The molecule has 0 saturated heterocycles. The molecule has 0 aliphatic carbocycles. The lowest BCUT2D eigenvalue weighted by atomic mass is 10.2. The van der Waals surface area contributed by atoms with Crippen molar-refractivity contribution in [2.75, 3.05) is 0 Å². The molecule has 3 rings (SSSR count). The van der Waals surface area contributed by atoms with Crippen LogP contribution in [0.2, 0.25) is 5.02 Å². The van der Waals surface area contributed by atoms with Gasteiger partial charge in [-0.05, 0) is 30.3 Å². The number of aromatic hydroxyl groups is 1. The largest absolute Gasteiger partial charge is 0.505 e. The van der Waals surface area contributed by atoms with Crippen molar-refractivity contribution in [1.29, 1.82) is 0 Å². The lowest BCUT2D eigenvalue weighted by Crippen LogP contribution is -2.13. The Morgan fingerprint density at radius 1 is 1.22 bits per heavy atom. The number of hydrogen-bond donors (Lipinski definition) is 2. The molecule has 0 bridgehead atoms. The Morgan fingerprint density at radius 2 is 1.94 bits per heavy atom. The molecule has 90 valence electrons. The molecular formula is C13H9ClN2O2. The zero-order valence-corrected chi connectivity index (χ0v) is 9.98.